The zero-order valence-corrected chi connectivity index (χ0v) is 11.0. The molecule has 106 valence electrons. The van der Waals surface area contributed by atoms with Crippen LogP contribution >= 0.6 is 0 Å². The van der Waals surface area contributed by atoms with E-state index >= 15 is 0 Å². The first kappa shape index (κ1) is 14.3. The Morgan fingerprint density at radius 3 is 3.05 bits per heavy atom. The van der Waals surface area contributed by atoms with Crippen LogP contribution in [0.4, 0.5) is 8.78 Å². The third-order valence-corrected chi connectivity index (χ3v) is 3.41. The SMILES string of the molecule is N#CN(CCF)C(N)=NC1CCCc2c(F)cccc21. The summed E-state index contributed by atoms with van der Waals surface area (Å²) in [5, 5.41) is 8.88. The van der Waals surface area contributed by atoms with E-state index in [9.17, 15) is 8.78 Å². The van der Waals surface area contributed by atoms with Gasteiger partial charge in [0.1, 0.15) is 12.5 Å². The van der Waals surface area contributed by atoms with Gasteiger partial charge in [-0.2, -0.15) is 5.26 Å². The number of hydrogen-bond acceptors (Lipinski definition) is 2. The van der Waals surface area contributed by atoms with E-state index in [0.717, 1.165) is 23.3 Å². The molecular weight excluding hydrogens is 262 g/mol. The minimum atomic E-state index is -0.681. The maximum atomic E-state index is 13.7. The highest BCUT2D eigenvalue weighted by atomic mass is 19.1. The van der Waals surface area contributed by atoms with E-state index in [1.54, 1.807) is 12.3 Å². The first-order valence-electron chi connectivity index (χ1n) is 6.51. The van der Waals surface area contributed by atoms with Crippen LogP contribution in [0.3, 0.4) is 0 Å². The fraction of sp³-hybridized carbons (Fsp3) is 0.429. The highest BCUT2D eigenvalue weighted by molar-refractivity contribution is 5.79. The second-order valence-corrected chi connectivity index (χ2v) is 4.64. The fourth-order valence-corrected chi connectivity index (χ4v) is 2.44. The number of fused-ring (bicyclic) bond motifs is 1. The number of hydrogen-bond donors (Lipinski definition) is 1. The molecule has 0 saturated heterocycles. The number of guanidine groups is 1. The first-order valence-corrected chi connectivity index (χ1v) is 6.51. The van der Waals surface area contributed by atoms with E-state index in [2.05, 4.69) is 4.99 Å². The maximum absolute atomic E-state index is 13.7. The van der Waals surface area contributed by atoms with Gasteiger partial charge < -0.3 is 5.73 Å². The van der Waals surface area contributed by atoms with E-state index in [0.29, 0.717) is 12.0 Å². The van der Waals surface area contributed by atoms with Crippen molar-refractivity contribution in [3.8, 4) is 6.19 Å². The average Bonchev–Trinajstić information content (AvgIpc) is 2.45. The van der Waals surface area contributed by atoms with Gasteiger partial charge in [-0.05, 0) is 36.5 Å². The molecule has 1 aliphatic carbocycles. The molecule has 0 fully saturated rings. The molecule has 1 unspecified atom stereocenters. The van der Waals surface area contributed by atoms with Crippen molar-refractivity contribution in [3.05, 3.63) is 35.1 Å². The quantitative estimate of drug-likeness (QED) is 0.399. The van der Waals surface area contributed by atoms with Crippen LogP contribution in [0.1, 0.15) is 30.0 Å². The summed E-state index contributed by atoms with van der Waals surface area (Å²) in [4.78, 5) is 5.28. The van der Waals surface area contributed by atoms with Crippen LogP contribution in [0.25, 0.3) is 0 Å². The lowest BCUT2D eigenvalue weighted by Crippen LogP contribution is -2.35. The summed E-state index contributed by atoms with van der Waals surface area (Å²) in [5.74, 6) is -0.255. The Morgan fingerprint density at radius 2 is 2.35 bits per heavy atom. The number of nitrogens with zero attached hydrogens (tertiary/aromatic N) is 3. The Balaban J connectivity index is 2.28. The summed E-state index contributed by atoms with van der Waals surface area (Å²) < 4.78 is 26.0. The molecule has 0 spiro atoms. The molecule has 1 aromatic rings. The lowest BCUT2D eigenvalue weighted by atomic mass is 9.88. The van der Waals surface area contributed by atoms with E-state index in [-0.39, 0.29) is 24.4 Å². The van der Waals surface area contributed by atoms with Gasteiger partial charge in [-0.3, -0.25) is 0 Å². The Labute approximate surface area is 116 Å². The zero-order chi connectivity index (χ0) is 14.5. The average molecular weight is 278 g/mol. The van der Waals surface area contributed by atoms with Crippen LogP contribution in [0.15, 0.2) is 23.2 Å². The van der Waals surface area contributed by atoms with Crippen molar-refractivity contribution in [1.29, 1.82) is 5.26 Å². The van der Waals surface area contributed by atoms with Crippen LogP contribution in [-0.2, 0) is 6.42 Å². The number of nitriles is 1. The van der Waals surface area contributed by atoms with E-state index in [1.807, 2.05) is 6.07 Å². The molecule has 0 aromatic heterocycles. The smallest absolute Gasteiger partial charge is 0.205 e. The number of aliphatic imine (C=N–C) groups is 1. The second-order valence-electron chi connectivity index (χ2n) is 4.64. The van der Waals surface area contributed by atoms with Crippen molar-refractivity contribution in [1.82, 2.24) is 4.90 Å². The van der Waals surface area contributed by atoms with Gasteiger partial charge in [-0.25, -0.2) is 18.7 Å². The molecule has 20 heavy (non-hydrogen) atoms. The fourth-order valence-electron chi connectivity index (χ4n) is 2.44. The van der Waals surface area contributed by atoms with Gasteiger partial charge in [0.2, 0.25) is 5.96 Å². The number of benzene rings is 1. The van der Waals surface area contributed by atoms with Crippen molar-refractivity contribution in [2.45, 2.75) is 25.3 Å². The standard InChI is InChI=1S/C14H16F2N4/c15-7-8-20(9-17)14(18)19-13-6-2-3-10-11(13)4-1-5-12(10)16/h1,4-5,13H,2-3,6-8H2,(H2,18,19). The van der Waals surface area contributed by atoms with Gasteiger partial charge >= 0.3 is 0 Å². The van der Waals surface area contributed by atoms with E-state index in [4.69, 9.17) is 11.0 Å². The van der Waals surface area contributed by atoms with Gasteiger partial charge in [-0.15, -0.1) is 0 Å². The number of nitrogens with two attached hydrogens (primary N) is 1. The predicted octanol–water partition coefficient (Wildman–Crippen LogP) is 2.27. The van der Waals surface area contributed by atoms with Crippen molar-refractivity contribution >= 4 is 5.96 Å². The predicted molar refractivity (Wildman–Crippen MR) is 72.0 cm³/mol. The largest absolute Gasteiger partial charge is 0.369 e. The van der Waals surface area contributed by atoms with Crippen molar-refractivity contribution in [2.75, 3.05) is 13.2 Å². The van der Waals surface area contributed by atoms with Gasteiger partial charge in [0.15, 0.2) is 6.19 Å². The van der Waals surface area contributed by atoms with E-state index < -0.39 is 6.67 Å². The Bertz CT molecular complexity index is 551. The summed E-state index contributed by atoms with van der Waals surface area (Å²) in [6, 6.07) is 4.62. The van der Waals surface area contributed by atoms with Gasteiger partial charge in [0.25, 0.3) is 0 Å². The van der Waals surface area contributed by atoms with Crippen molar-refractivity contribution in [2.24, 2.45) is 10.7 Å². The number of halogens is 2. The van der Waals surface area contributed by atoms with Crippen LogP contribution in [0.5, 0.6) is 0 Å². The summed E-state index contributed by atoms with van der Waals surface area (Å²) in [6.45, 7) is -0.797. The molecule has 6 heteroatoms. The number of rotatable bonds is 3. The maximum Gasteiger partial charge on any atom is 0.205 e. The molecule has 0 bridgehead atoms. The molecule has 2 rings (SSSR count). The van der Waals surface area contributed by atoms with Crippen molar-refractivity contribution in [3.63, 3.8) is 0 Å². The molecule has 1 aromatic carbocycles. The molecule has 1 atom stereocenters. The summed E-state index contributed by atoms with van der Waals surface area (Å²) in [7, 11) is 0. The molecule has 0 amide bonds. The van der Waals surface area contributed by atoms with Crippen LogP contribution in [-0.4, -0.2) is 24.1 Å². The monoisotopic (exact) mass is 278 g/mol. The minimum Gasteiger partial charge on any atom is -0.369 e. The highest BCUT2D eigenvalue weighted by Gasteiger charge is 2.23. The molecule has 0 saturated carbocycles. The van der Waals surface area contributed by atoms with Gasteiger partial charge in [0, 0.05) is 0 Å². The summed E-state index contributed by atoms with van der Waals surface area (Å²) in [5.41, 5.74) is 7.20. The Kier molecular flexibility index (Phi) is 4.51. The third kappa shape index (κ3) is 2.87. The Morgan fingerprint density at radius 1 is 1.55 bits per heavy atom. The third-order valence-electron chi connectivity index (χ3n) is 3.41. The van der Waals surface area contributed by atoms with Gasteiger partial charge in [0.05, 0.1) is 12.6 Å². The van der Waals surface area contributed by atoms with Gasteiger partial charge in [-0.1, -0.05) is 12.1 Å². The molecule has 0 aliphatic heterocycles. The lowest BCUT2D eigenvalue weighted by Gasteiger charge is -2.24. The van der Waals surface area contributed by atoms with Crippen LogP contribution in [0.2, 0.25) is 0 Å². The first-order chi connectivity index (χ1) is 9.67. The second kappa shape index (κ2) is 6.33. The minimum absolute atomic E-state index is 0.0211. The molecule has 0 heterocycles. The molecule has 0 radical (unpaired) electrons. The zero-order valence-electron chi connectivity index (χ0n) is 11.0. The van der Waals surface area contributed by atoms with Crippen molar-refractivity contribution < 1.29 is 8.78 Å². The highest BCUT2D eigenvalue weighted by Crippen LogP contribution is 2.33. The van der Waals surface area contributed by atoms with Crippen LogP contribution < -0.4 is 5.73 Å². The number of alkyl halides is 1. The summed E-state index contributed by atoms with van der Waals surface area (Å²) >= 11 is 0. The molecule has 2 N–H and O–H groups in total. The Hall–Kier alpha value is -2.16. The molecular formula is C14H16F2N4. The topological polar surface area (TPSA) is 65.4 Å². The van der Waals surface area contributed by atoms with Crippen LogP contribution in [0, 0.1) is 17.3 Å². The molecule has 1 aliphatic rings. The van der Waals surface area contributed by atoms with E-state index in [1.165, 1.54) is 6.07 Å². The normalized spacial score (nSPS) is 18.2. The molecule has 4 nitrogen and oxygen atoms in total. The lowest BCUT2D eigenvalue weighted by molar-refractivity contribution is 0.418. The summed E-state index contributed by atoms with van der Waals surface area (Å²) in [6.07, 6.45) is 4.02.